The standard InChI is InChI=1S/C28H24N2O4/c1-17(2)19-9-11-20(12-10-19)25-24(26(31)23-14-21-7-3-4-8-22(21)34-23)27(32)28(33)30(25)16-18-6-5-13-29-15-18/h3-15,17,25,32H,16H2,1-2H3. The lowest BCUT2D eigenvalue weighted by Crippen LogP contribution is -2.32. The zero-order valence-electron chi connectivity index (χ0n) is 18.9. The largest absolute Gasteiger partial charge is 0.868 e. The summed E-state index contributed by atoms with van der Waals surface area (Å²) in [7, 11) is 0. The Morgan fingerprint density at radius 2 is 1.85 bits per heavy atom. The lowest BCUT2D eigenvalue weighted by molar-refractivity contribution is -0.378. The molecule has 0 saturated carbocycles. The first-order valence-electron chi connectivity index (χ1n) is 11.2. The molecule has 1 aliphatic rings. The molecule has 1 amide bonds. The van der Waals surface area contributed by atoms with Crippen LogP contribution in [0.25, 0.3) is 11.0 Å². The first-order valence-corrected chi connectivity index (χ1v) is 11.2. The second-order valence-electron chi connectivity index (χ2n) is 8.79. The number of ketones is 1. The van der Waals surface area contributed by atoms with E-state index in [4.69, 9.17) is 4.42 Å². The van der Waals surface area contributed by atoms with E-state index in [2.05, 4.69) is 18.8 Å². The highest BCUT2D eigenvalue weighted by Crippen LogP contribution is 2.40. The number of H-pyrrole nitrogens is 1. The van der Waals surface area contributed by atoms with Gasteiger partial charge in [-0.1, -0.05) is 56.3 Å². The van der Waals surface area contributed by atoms with Gasteiger partial charge in [0.25, 0.3) is 0 Å². The number of hydrogen-bond acceptors (Lipinski definition) is 4. The van der Waals surface area contributed by atoms with Crippen LogP contribution in [0.2, 0.25) is 0 Å². The number of carbonyl (C=O) groups excluding carboxylic acids is 2. The van der Waals surface area contributed by atoms with E-state index < -0.39 is 23.5 Å². The van der Waals surface area contributed by atoms with Gasteiger partial charge in [-0.3, -0.25) is 9.59 Å². The molecule has 3 heterocycles. The number of pyridine rings is 1. The van der Waals surface area contributed by atoms with Crippen LogP contribution in [-0.2, 0) is 11.3 Å². The predicted molar refractivity (Wildman–Crippen MR) is 124 cm³/mol. The quantitative estimate of drug-likeness (QED) is 0.415. The number of aromatic nitrogens is 1. The monoisotopic (exact) mass is 452 g/mol. The van der Waals surface area contributed by atoms with Crippen LogP contribution in [0.5, 0.6) is 0 Å². The van der Waals surface area contributed by atoms with Crippen molar-refractivity contribution in [1.82, 2.24) is 4.90 Å². The van der Waals surface area contributed by atoms with Crippen molar-refractivity contribution in [2.24, 2.45) is 0 Å². The van der Waals surface area contributed by atoms with Gasteiger partial charge in [0.2, 0.25) is 11.7 Å². The van der Waals surface area contributed by atoms with E-state index in [9.17, 15) is 14.7 Å². The van der Waals surface area contributed by atoms with Crippen LogP contribution < -0.4 is 10.1 Å². The molecule has 6 heteroatoms. The van der Waals surface area contributed by atoms with Crippen molar-refractivity contribution in [2.75, 3.05) is 0 Å². The maximum Gasteiger partial charge on any atom is 0.240 e. The topological polar surface area (TPSA) is 87.7 Å². The van der Waals surface area contributed by atoms with Gasteiger partial charge in [-0.2, -0.15) is 0 Å². The Morgan fingerprint density at radius 1 is 1.09 bits per heavy atom. The van der Waals surface area contributed by atoms with Gasteiger partial charge in [0.1, 0.15) is 5.58 Å². The molecule has 2 aromatic heterocycles. The molecular weight excluding hydrogens is 428 g/mol. The third-order valence-electron chi connectivity index (χ3n) is 6.22. The van der Waals surface area contributed by atoms with Crippen LogP contribution in [-0.4, -0.2) is 16.6 Å². The van der Waals surface area contributed by atoms with Crippen LogP contribution in [0.4, 0.5) is 0 Å². The molecule has 0 radical (unpaired) electrons. The first kappa shape index (κ1) is 21.6. The minimum Gasteiger partial charge on any atom is -0.868 e. The lowest BCUT2D eigenvalue weighted by atomic mass is 9.92. The van der Waals surface area contributed by atoms with Crippen LogP contribution in [0.1, 0.15) is 53.1 Å². The summed E-state index contributed by atoms with van der Waals surface area (Å²) >= 11 is 0. The fraction of sp³-hybridized carbons (Fsp3) is 0.179. The maximum absolute atomic E-state index is 13.6. The molecule has 0 bridgehead atoms. The summed E-state index contributed by atoms with van der Waals surface area (Å²) in [6, 6.07) is 19.5. The number of carbonyl (C=O) groups is 2. The Balaban J connectivity index is 1.59. The zero-order chi connectivity index (χ0) is 23.8. The first-order chi connectivity index (χ1) is 16.4. The predicted octanol–water partition coefficient (Wildman–Crippen LogP) is 3.95. The number of benzene rings is 2. The van der Waals surface area contributed by atoms with Gasteiger partial charge in [-0.25, -0.2) is 4.98 Å². The van der Waals surface area contributed by atoms with Crippen molar-refractivity contribution in [3.05, 3.63) is 113 Å². The van der Waals surface area contributed by atoms with Gasteiger partial charge >= 0.3 is 0 Å². The molecule has 2 aromatic carbocycles. The minimum atomic E-state index is -0.804. The van der Waals surface area contributed by atoms with E-state index in [1.54, 1.807) is 24.5 Å². The summed E-state index contributed by atoms with van der Waals surface area (Å²) in [5.74, 6) is -1.66. The normalized spacial score (nSPS) is 16.1. The van der Waals surface area contributed by atoms with Gasteiger partial charge in [-0.05, 0) is 41.0 Å². The van der Waals surface area contributed by atoms with E-state index in [-0.39, 0.29) is 17.9 Å². The number of aromatic amines is 1. The average molecular weight is 453 g/mol. The number of furan rings is 1. The third-order valence-corrected chi connectivity index (χ3v) is 6.22. The van der Waals surface area contributed by atoms with Crippen molar-refractivity contribution >= 4 is 22.7 Å². The Bertz CT molecular complexity index is 1370. The minimum absolute atomic E-state index is 0.0519. The molecule has 0 fully saturated rings. The molecule has 0 saturated heterocycles. The van der Waals surface area contributed by atoms with E-state index in [1.165, 1.54) is 4.90 Å². The highest BCUT2D eigenvalue weighted by atomic mass is 16.3. The molecule has 1 atom stereocenters. The summed E-state index contributed by atoms with van der Waals surface area (Å²) in [5.41, 5.74) is 3.14. The fourth-order valence-electron chi connectivity index (χ4n) is 4.40. The van der Waals surface area contributed by atoms with Crippen LogP contribution in [0.3, 0.4) is 0 Å². The van der Waals surface area contributed by atoms with Crippen LogP contribution >= 0.6 is 0 Å². The number of Topliss-reactive ketones (excluding diaryl/α,β-unsaturated/α-hetero) is 1. The van der Waals surface area contributed by atoms with Gasteiger partial charge in [-0.15, -0.1) is 0 Å². The molecule has 1 aliphatic heterocycles. The van der Waals surface area contributed by atoms with Crippen LogP contribution in [0, 0.1) is 0 Å². The molecule has 6 nitrogen and oxygen atoms in total. The summed E-state index contributed by atoms with van der Waals surface area (Å²) < 4.78 is 5.76. The van der Waals surface area contributed by atoms with E-state index >= 15 is 0 Å². The number of fused-ring (bicyclic) bond motifs is 1. The van der Waals surface area contributed by atoms with Crippen molar-refractivity contribution in [1.29, 1.82) is 0 Å². The van der Waals surface area contributed by atoms with Crippen molar-refractivity contribution in [3.8, 4) is 0 Å². The Labute approximate surface area is 197 Å². The zero-order valence-corrected chi connectivity index (χ0v) is 18.9. The molecule has 5 rings (SSSR count). The number of nitrogens with zero attached hydrogens (tertiary/aromatic N) is 1. The second-order valence-corrected chi connectivity index (χ2v) is 8.79. The van der Waals surface area contributed by atoms with Gasteiger partial charge in [0.05, 0.1) is 12.6 Å². The summed E-state index contributed by atoms with van der Waals surface area (Å²) in [5, 5.41) is 14.0. The Kier molecular flexibility index (Phi) is 5.49. The molecule has 1 N–H and O–H groups in total. The smallest absolute Gasteiger partial charge is 0.240 e. The number of para-hydroxylation sites is 1. The second kappa shape index (κ2) is 8.63. The Hall–Kier alpha value is -4.19. The number of nitrogens with one attached hydrogen (secondary N) is 1. The number of rotatable bonds is 6. The summed E-state index contributed by atoms with van der Waals surface area (Å²) in [4.78, 5) is 31.2. The summed E-state index contributed by atoms with van der Waals surface area (Å²) in [6.45, 7) is 4.38. The Morgan fingerprint density at radius 3 is 2.53 bits per heavy atom. The van der Waals surface area contributed by atoms with Crippen molar-refractivity contribution in [3.63, 3.8) is 0 Å². The van der Waals surface area contributed by atoms with E-state index in [0.29, 0.717) is 17.1 Å². The highest BCUT2D eigenvalue weighted by Gasteiger charge is 2.40. The molecule has 1 unspecified atom stereocenters. The molecule has 0 aliphatic carbocycles. The summed E-state index contributed by atoms with van der Waals surface area (Å²) in [6.07, 6.45) is 3.54. The maximum atomic E-state index is 13.6. The highest BCUT2D eigenvalue weighted by molar-refractivity contribution is 6.15. The van der Waals surface area contributed by atoms with Crippen molar-refractivity contribution < 1.29 is 24.1 Å². The lowest BCUT2D eigenvalue weighted by Gasteiger charge is -2.27. The number of amides is 1. The number of hydrogen-bond donors (Lipinski definition) is 0. The van der Waals surface area contributed by atoms with Crippen LogP contribution in [0.15, 0.2) is 94.9 Å². The third kappa shape index (κ3) is 3.77. The molecule has 4 aromatic rings. The van der Waals surface area contributed by atoms with E-state index in [0.717, 1.165) is 16.5 Å². The van der Waals surface area contributed by atoms with Crippen molar-refractivity contribution in [2.45, 2.75) is 32.4 Å². The SMILES string of the molecule is CC(C)c1ccc(C2C(C(=O)c3cc4ccccc4o3)=C([O-])C(=O)N2Cc2ccc[nH+]c2)cc1. The molecule has 0 spiro atoms. The average Bonchev–Trinajstić information content (AvgIpc) is 3.39. The molecular formula is C28H24N2O4. The molecule has 34 heavy (non-hydrogen) atoms. The van der Waals surface area contributed by atoms with Gasteiger partial charge in [0, 0.05) is 22.6 Å². The molecule has 170 valence electrons. The van der Waals surface area contributed by atoms with Gasteiger partial charge < -0.3 is 14.4 Å². The van der Waals surface area contributed by atoms with Gasteiger partial charge in [0.15, 0.2) is 18.2 Å². The van der Waals surface area contributed by atoms with E-state index in [1.807, 2.05) is 54.6 Å². The fourth-order valence-corrected chi connectivity index (χ4v) is 4.40.